The van der Waals surface area contributed by atoms with E-state index in [0.29, 0.717) is 19.6 Å². The van der Waals surface area contributed by atoms with Crippen molar-refractivity contribution in [1.29, 1.82) is 0 Å². The van der Waals surface area contributed by atoms with Crippen molar-refractivity contribution >= 4 is 11.8 Å². The number of nitrogens with zero attached hydrogens (tertiary/aromatic N) is 2. The third-order valence-electron chi connectivity index (χ3n) is 4.64. The first-order valence-electron chi connectivity index (χ1n) is 9.71. The Morgan fingerprint density at radius 1 is 1.31 bits per heavy atom. The van der Waals surface area contributed by atoms with Gasteiger partial charge in [-0.05, 0) is 31.4 Å². The normalized spacial score (nSPS) is 16.8. The number of rotatable bonds is 10. The summed E-state index contributed by atoms with van der Waals surface area (Å²) >= 11 is 0. The molecule has 0 saturated carbocycles. The van der Waals surface area contributed by atoms with E-state index in [1.165, 1.54) is 0 Å². The SMILES string of the molecule is CCCCN(CC(=O)N(Cc1ccco1)CC1CCCO1)C(=O)C(C)C. The third kappa shape index (κ3) is 6.16. The highest BCUT2D eigenvalue weighted by Gasteiger charge is 2.26. The van der Waals surface area contributed by atoms with E-state index in [0.717, 1.165) is 38.1 Å². The van der Waals surface area contributed by atoms with Gasteiger partial charge in [0.25, 0.3) is 0 Å². The third-order valence-corrected chi connectivity index (χ3v) is 4.64. The van der Waals surface area contributed by atoms with E-state index >= 15 is 0 Å². The zero-order chi connectivity index (χ0) is 18.9. The van der Waals surface area contributed by atoms with Crippen LogP contribution in [0.2, 0.25) is 0 Å². The minimum atomic E-state index is -0.114. The Morgan fingerprint density at radius 3 is 2.69 bits per heavy atom. The van der Waals surface area contributed by atoms with E-state index in [1.54, 1.807) is 16.1 Å². The fourth-order valence-electron chi connectivity index (χ4n) is 3.12. The van der Waals surface area contributed by atoms with Crippen LogP contribution in [-0.4, -0.2) is 54.0 Å². The second-order valence-electron chi connectivity index (χ2n) is 7.26. The highest BCUT2D eigenvalue weighted by atomic mass is 16.5. The van der Waals surface area contributed by atoms with Crippen LogP contribution in [0.5, 0.6) is 0 Å². The fourth-order valence-corrected chi connectivity index (χ4v) is 3.12. The first-order valence-corrected chi connectivity index (χ1v) is 9.71. The van der Waals surface area contributed by atoms with E-state index in [-0.39, 0.29) is 30.4 Å². The summed E-state index contributed by atoms with van der Waals surface area (Å²) < 4.78 is 11.1. The zero-order valence-corrected chi connectivity index (χ0v) is 16.3. The van der Waals surface area contributed by atoms with Gasteiger partial charge in [0, 0.05) is 25.6 Å². The molecule has 0 bridgehead atoms. The van der Waals surface area contributed by atoms with E-state index in [9.17, 15) is 9.59 Å². The summed E-state index contributed by atoms with van der Waals surface area (Å²) in [6.07, 6.45) is 5.56. The van der Waals surface area contributed by atoms with Crippen LogP contribution in [0.3, 0.4) is 0 Å². The molecule has 6 nitrogen and oxygen atoms in total. The Labute approximate surface area is 156 Å². The van der Waals surface area contributed by atoms with Crippen LogP contribution >= 0.6 is 0 Å². The van der Waals surface area contributed by atoms with Gasteiger partial charge in [-0.3, -0.25) is 9.59 Å². The quantitative estimate of drug-likeness (QED) is 0.640. The largest absolute Gasteiger partial charge is 0.467 e. The van der Waals surface area contributed by atoms with Crippen molar-refractivity contribution in [2.24, 2.45) is 5.92 Å². The molecule has 1 aliphatic rings. The molecule has 1 saturated heterocycles. The summed E-state index contributed by atoms with van der Waals surface area (Å²) in [7, 11) is 0. The average molecular weight is 364 g/mol. The fraction of sp³-hybridized carbons (Fsp3) is 0.700. The van der Waals surface area contributed by atoms with E-state index in [4.69, 9.17) is 9.15 Å². The molecule has 0 spiro atoms. The zero-order valence-electron chi connectivity index (χ0n) is 16.3. The average Bonchev–Trinajstić information content (AvgIpc) is 3.31. The van der Waals surface area contributed by atoms with Gasteiger partial charge in [-0.15, -0.1) is 0 Å². The predicted molar refractivity (Wildman–Crippen MR) is 99.4 cm³/mol. The van der Waals surface area contributed by atoms with Crippen LogP contribution in [0.1, 0.15) is 52.2 Å². The number of ether oxygens (including phenoxy) is 1. The van der Waals surface area contributed by atoms with Gasteiger partial charge in [0.05, 0.1) is 25.5 Å². The van der Waals surface area contributed by atoms with E-state index < -0.39 is 0 Å². The van der Waals surface area contributed by atoms with Gasteiger partial charge in [-0.1, -0.05) is 27.2 Å². The van der Waals surface area contributed by atoms with Crippen LogP contribution in [0.15, 0.2) is 22.8 Å². The Morgan fingerprint density at radius 2 is 2.12 bits per heavy atom. The van der Waals surface area contributed by atoms with Crippen LogP contribution in [0.25, 0.3) is 0 Å². The number of hydrogen-bond acceptors (Lipinski definition) is 4. The van der Waals surface area contributed by atoms with Crippen molar-refractivity contribution in [3.63, 3.8) is 0 Å². The van der Waals surface area contributed by atoms with Crippen LogP contribution in [-0.2, 0) is 20.9 Å². The molecule has 1 aliphatic heterocycles. The molecule has 0 aliphatic carbocycles. The van der Waals surface area contributed by atoms with Gasteiger partial charge in [0.2, 0.25) is 11.8 Å². The number of amides is 2. The summed E-state index contributed by atoms with van der Waals surface area (Å²) in [5, 5.41) is 0. The van der Waals surface area contributed by atoms with Crippen molar-refractivity contribution in [2.45, 2.75) is 59.1 Å². The molecule has 146 valence electrons. The molecule has 2 heterocycles. The summed E-state index contributed by atoms with van der Waals surface area (Å²) in [6.45, 7) is 8.26. The van der Waals surface area contributed by atoms with Crippen LogP contribution in [0, 0.1) is 5.92 Å². The topological polar surface area (TPSA) is 63.0 Å². The molecule has 1 atom stereocenters. The van der Waals surface area contributed by atoms with Gasteiger partial charge in [0.1, 0.15) is 5.76 Å². The maximum Gasteiger partial charge on any atom is 0.242 e. The molecule has 6 heteroatoms. The second-order valence-corrected chi connectivity index (χ2v) is 7.26. The first-order chi connectivity index (χ1) is 12.5. The minimum absolute atomic E-state index is 0.0295. The van der Waals surface area contributed by atoms with Crippen molar-refractivity contribution < 1.29 is 18.7 Å². The second kappa shape index (κ2) is 10.4. The molecule has 2 amide bonds. The van der Waals surface area contributed by atoms with Gasteiger partial charge < -0.3 is 19.0 Å². The molecule has 0 aromatic carbocycles. The highest BCUT2D eigenvalue weighted by molar-refractivity contribution is 5.85. The Hall–Kier alpha value is -1.82. The molecule has 0 N–H and O–H groups in total. The molecule has 1 unspecified atom stereocenters. The maximum absolute atomic E-state index is 13.0. The monoisotopic (exact) mass is 364 g/mol. The lowest BCUT2D eigenvalue weighted by Gasteiger charge is -2.29. The summed E-state index contributed by atoms with van der Waals surface area (Å²) in [5.74, 6) is 0.604. The summed E-state index contributed by atoms with van der Waals surface area (Å²) in [5.41, 5.74) is 0. The van der Waals surface area contributed by atoms with Crippen molar-refractivity contribution in [3.8, 4) is 0 Å². The standard InChI is InChI=1S/C20H32N2O4/c1-4-5-10-21(20(24)16(2)3)15-19(23)22(13-17-8-6-11-25-17)14-18-9-7-12-26-18/h6,8,11,16,18H,4-5,7,9-10,12-15H2,1-3H3. The van der Waals surface area contributed by atoms with Gasteiger partial charge in [-0.25, -0.2) is 0 Å². The van der Waals surface area contributed by atoms with E-state index in [1.807, 2.05) is 26.0 Å². The minimum Gasteiger partial charge on any atom is -0.467 e. The van der Waals surface area contributed by atoms with Gasteiger partial charge in [0.15, 0.2) is 0 Å². The lowest BCUT2D eigenvalue weighted by Crippen LogP contribution is -2.46. The Balaban J connectivity index is 2.05. The van der Waals surface area contributed by atoms with Crippen LogP contribution < -0.4 is 0 Å². The predicted octanol–water partition coefficient (Wildman–Crippen LogP) is 3.07. The smallest absolute Gasteiger partial charge is 0.242 e. The number of carbonyl (C=O) groups is 2. The molecule has 1 fully saturated rings. The van der Waals surface area contributed by atoms with Crippen molar-refractivity contribution in [3.05, 3.63) is 24.2 Å². The van der Waals surface area contributed by atoms with Gasteiger partial charge in [-0.2, -0.15) is 0 Å². The number of furan rings is 1. The first kappa shape index (κ1) is 20.5. The molecule has 1 aromatic rings. The van der Waals surface area contributed by atoms with Crippen LogP contribution in [0.4, 0.5) is 0 Å². The van der Waals surface area contributed by atoms with Crippen molar-refractivity contribution in [1.82, 2.24) is 9.80 Å². The Kier molecular flexibility index (Phi) is 8.16. The van der Waals surface area contributed by atoms with Gasteiger partial charge >= 0.3 is 0 Å². The number of unbranched alkanes of at least 4 members (excludes halogenated alkanes) is 1. The molecular weight excluding hydrogens is 332 g/mol. The molecule has 1 aromatic heterocycles. The Bertz CT molecular complexity index is 550. The number of carbonyl (C=O) groups excluding carboxylic acids is 2. The van der Waals surface area contributed by atoms with Crippen molar-refractivity contribution in [2.75, 3.05) is 26.2 Å². The van der Waals surface area contributed by atoms with E-state index in [2.05, 4.69) is 6.92 Å². The molecule has 0 radical (unpaired) electrons. The molecule has 26 heavy (non-hydrogen) atoms. The lowest BCUT2D eigenvalue weighted by molar-refractivity contribution is -0.143. The highest BCUT2D eigenvalue weighted by Crippen LogP contribution is 2.16. The lowest BCUT2D eigenvalue weighted by atomic mass is 10.1. The summed E-state index contributed by atoms with van der Waals surface area (Å²) in [4.78, 5) is 28.9. The molecule has 2 rings (SSSR count). The maximum atomic E-state index is 13.0. The molecular formula is C20H32N2O4. The summed E-state index contributed by atoms with van der Waals surface area (Å²) in [6, 6.07) is 3.68. The number of hydrogen-bond donors (Lipinski definition) is 0.